The molecule has 0 spiro atoms. The van der Waals surface area contributed by atoms with E-state index < -0.39 is 0 Å². The monoisotopic (exact) mass is 257 g/mol. The first kappa shape index (κ1) is 15.4. The number of rotatable bonds is 5. The first-order valence-corrected chi connectivity index (χ1v) is 6.77. The van der Waals surface area contributed by atoms with E-state index in [2.05, 4.69) is 15.1 Å². The van der Waals surface area contributed by atoms with Crippen molar-refractivity contribution in [2.45, 2.75) is 32.7 Å². The number of amides is 1. The van der Waals surface area contributed by atoms with E-state index >= 15 is 0 Å². The zero-order valence-corrected chi connectivity index (χ0v) is 11.9. The summed E-state index contributed by atoms with van der Waals surface area (Å²) in [5.41, 5.74) is -0.142. The zero-order valence-electron chi connectivity index (χ0n) is 11.9. The van der Waals surface area contributed by atoms with Crippen LogP contribution in [0.5, 0.6) is 0 Å². The highest BCUT2D eigenvalue weighted by molar-refractivity contribution is 5.76. The van der Waals surface area contributed by atoms with Gasteiger partial charge in [-0.25, -0.2) is 0 Å². The van der Waals surface area contributed by atoms with Crippen molar-refractivity contribution in [3.8, 4) is 0 Å². The van der Waals surface area contributed by atoms with E-state index in [4.69, 9.17) is 5.11 Å². The molecule has 0 atom stereocenters. The zero-order chi connectivity index (χ0) is 13.6. The van der Waals surface area contributed by atoms with E-state index in [0.29, 0.717) is 6.42 Å². The predicted molar refractivity (Wildman–Crippen MR) is 72.5 cm³/mol. The Labute approximate surface area is 110 Å². The molecule has 0 aromatic rings. The molecule has 0 unspecified atom stereocenters. The van der Waals surface area contributed by atoms with Crippen LogP contribution < -0.4 is 5.32 Å². The van der Waals surface area contributed by atoms with Gasteiger partial charge in [-0.15, -0.1) is 0 Å². The van der Waals surface area contributed by atoms with Gasteiger partial charge in [-0.1, -0.05) is 0 Å². The molecule has 0 aromatic carbocycles. The number of piperazine rings is 1. The van der Waals surface area contributed by atoms with Gasteiger partial charge in [0.1, 0.15) is 0 Å². The van der Waals surface area contributed by atoms with Gasteiger partial charge in [0.2, 0.25) is 5.91 Å². The van der Waals surface area contributed by atoms with E-state index in [1.807, 2.05) is 20.8 Å². The standard InChI is InChI=1S/C13H27N3O2/c1-13(2,3)14-12(18)4-5-15-6-8-16(9-7-15)10-11-17/h17H,4-11H2,1-3H3,(H,14,18). The van der Waals surface area contributed by atoms with Crippen LogP contribution in [0.15, 0.2) is 0 Å². The van der Waals surface area contributed by atoms with Crippen LogP contribution in [0, 0.1) is 0 Å². The van der Waals surface area contributed by atoms with Crippen molar-refractivity contribution in [3.05, 3.63) is 0 Å². The van der Waals surface area contributed by atoms with Gasteiger partial charge in [0.15, 0.2) is 0 Å². The molecule has 0 aliphatic carbocycles. The summed E-state index contributed by atoms with van der Waals surface area (Å²) >= 11 is 0. The highest BCUT2D eigenvalue weighted by Gasteiger charge is 2.18. The summed E-state index contributed by atoms with van der Waals surface area (Å²) in [4.78, 5) is 16.3. The molecule has 1 amide bonds. The molecule has 2 N–H and O–H groups in total. The number of hydrogen-bond donors (Lipinski definition) is 2. The maximum Gasteiger partial charge on any atom is 0.221 e. The summed E-state index contributed by atoms with van der Waals surface area (Å²) < 4.78 is 0. The molecule has 1 aliphatic rings. The molecule has 0 aromatic heterocycles. The van der Waals surface area contributed by atoms with Crippen LogP contribution in [0.1, 0.15) is 27.2 Å². The quantitative estimate of drug-likeness (QED) is 0.722. The Morgan fingerprint density at radius 2 is 1.61 bits per heavy atom. The first-order chi connectivity index (χ1) is 8.40. The minimum Gasteiger partial charge on any atom is -0.395 e. The Bertz CT molecular complexity index is 255. The normalized spacial score (nSPS) is 18.9. The summed E-state index contributed by atoms with van der Waals surface area (Å²) in [6.45, 7) is 11.8. The Balaban J connectivity index is 2.16. The van der Waals surface area contributed by atoms with Crippen LogP contribution in [0.2, 0.25) is 0 Å². The molecule has 0 saturated carbocycles. The lowest BCUT2D eigenvalue weighted by Crippen LogP contribution is -2.48. The van der Waals surface area contributed by atoms with Gasteiger partial charge in [0, 0.05) is 51.2 Å². The van der Waals surface area contributed by atoms with Gasteiger partial charge in [0.05, 0.1) is 6.61 Å². The Morgan fingerprint density at radius 1 is 1.11 bits per heavy atom. The largest absolute Gasteiger partial charge is 0.395 e. The molecule has 106 valence electrons. The van der Waals surface area contributed by atoms with E-state index in [1.165, 1.54) is 0 Å². The lowest BCUT2D eigenvalue weighted by Gasteiger charge is -2.34. The Morgan fingerprint density at radius 3 is 2.06 bits per heavy atom. The van der Waals surface area contributed by atoms with Crippen molar-refractivity contribution < 1.29 is 9.90 Å². The number of carbonyl (C=O) groups is 1. The number of aliphatic hydroxyl groups is 1. The van der Waals surface area contributed by atoms with Crippen molar-refractivity contribution in [1.82, 2.24) is 15.1 Å². The maximum atomic E-state index is 11.7. The lowest BCUT2D eigenvalue weighted by atomic mass is 10.1. The van der Waals surface area contributed by atoms with E-state index in [1.54, 1.807) is 0 Å². The third kappa shape index (κ3) is 6.33. The number of nitrogens with one attached hydrogen (secondary N) is 1. The fraction of sp³-hybridized carbons (Fsp3) is 0.923. The van der Waals surface area contributed by atoms with E-state index in [9.17, 15) is 4.79 Å². The fourth-order valence-corrected chi connectivity index (χ4v) is 2.12. The minimum atomic E-state index is -0.142. The molecule has 0 bridgehead atoms. The Kier molecular flexibility index (Phi) is 6.05. The van der Waals surface area contributed by atoms with Gasteiger partial charge in [-0.3, -0.25) is 9.69 Å². The van der Waals surface area contributed by atoms with Crippen LogP contribution in [-0.2, 0) is 4.79 Å². The topological polar surface area (TPSA) is 55.8 Å². The van der Waals surface area contributed by atoms with Crippen molar-refractivity contribution in [2.75, 3.05) is 45.9 Å². The Hall–Kier alpha value is -0.650. The van der Waals surface area contributed by atoms with Gasteiger partial charge in [-0.2, -0.15) is 0 Å². The predicted octanol–water partition coefficient (Wildman–Crippen LogP) is -0.0989. The second kappa shape index (κ2) is 7.07. The van der Waals surface area contributed by atoms with Crippen molar-refractivity contribution in [3.63, 3.8) is 0 Å². The molecule has 18 heavy (non-hydrogen) atoms. The number of β-amino-alcohol motifs (C(OH)–C–C–N with tert-alkyl or cyclic N) is 1. The lowest BCUT2D eigenvalue weighted by molar-refractivity contribution is -0.122. The average molecular weight is 257 g/mol. The number of nitrogens with zero attached hydrogens (tertiary/aromatic N) is 2. The van der Waals surface area contributed by atoms with Crippen LogP contribution in [0.3, 0.4) is 0 Å². The highest BCUT2D eigenvalue weighted by atomic mass is 16.3. The third-order valence-corrected chi connectivity index (χ3v) is 3.05. The van der Waals surface area contributed by atoms with Crippen molar-refractivity contribution in [1.29, 1.82) is 0 Å². The van der Waals surface area contributed by atoms with E-state index in [-0.39, 0.29) is 18.1 Å². The number of aliphatic hydroxyl groups excluding tert-OH is 1. The minimum absolute atomic E-state index is 0.125. The molecule has 5 nitrogen and oxygen atoms in total. The van der Waals surface area contributed by atoms with Crippen LogP contribution >= 0.6 is 0 Å². The SMILES string of the molecule is CC(C)(C)NC(=O)CCN1CCN(CCO)CC1. The summed E-state index contributed by atoms with van der Waals surface area (Å²) in [5, 5.41) is 11.8. The van der Waals surface area contributed by atoms with E-state index in [0.717, 1.165) is 39.3 Å². The molecule has 1 rings (SSSR count). The smallest absolute Gasteiger partial charge is 0.221 e. The maximum absolute atomic E-state index is 11.7. The molecule has 1 aliphatic heterocycles. The third-order valence-electron chi connectivity index (χ3n) is 3.05. The molecular weight excluding hydrogens is 230 g/mol. The number of carbonyl (C=O) groups excluding carboxylic acids is 1. The number of hydrogen-bond acceptors (Lipinski definition) is 4. The van der Waals surface area contributed by atoms with Gasteiger partial charge in [-0.05, 0) is 20.8 Å². The van der Waals surface area contributed by atoms with Gasteiger partial charge in [0.25, 0.3) is 0 Å². The molecule has 1 saturated heterocycles. The molecular formula is C13H27N3O2. The van der Waals surface area contributed by atoms with Crippen LogP contribution in [-0.4, -0.2) is 72.2 Å². The summed E-state index contributed by atoms with van der Waals surface area (Å²) in [5.74, 6) is 0.125. The van der Waals surface area contributed by atoms with Gasteiger partial charge < -0.3 is 15.3 Å². The van der Waals surface area contributed by atoms with Crippen molar-refractivity contribution in [2.24, 2.45) is 0 Å². The fourth-order valence-electron chi connectivity index (χ4n) is 2.12. The molecule has 5 heteroatoms. The first-order valence-electron chi connectivity index (χ1n) is 6.77. The highest BCUT2D eigenvalue weighted by Crippen LogP contribution is 2.03. The van der Waals surface area contributed by atoms with Crippen LogP contribution in [0.4, 0.5) is 0 Å². The summed E-state index contributed by atoms with van der Waals surface area (Å²) in [6, 6.07) is 0. The molecule has 1 heterocycles. The molecule has 1 fully saturated rings. The van der Waals surface area contributed by atoms with Gasteiger partial charge >= 0.3 is 0 Å². The summed E-state index contributed by atoms with van der Waals surface area (Å²) in [6.07, 6.45) is 0.567. The second-order valence-corrected chi connectivity index (χ2v) is 5.96. The van der Waals surface area contributed by atoms with Crippen LogP contribution in [0.25, 0.3) is 0 Å². The average Bonchev–Trinajstić information content (AvgIpc) is 2.26. The molecule has 0 radical (unpaired) electrons. The second-order valence-electron chi connectivity index (χ2n) is 5.96. The summed E-state index contributed by atoms with van der Waals surface area (Å²) in [7, 11) is 0. The van der Waals surface area contributed by atoms with Crippen molar-refractivity contribution >= 4 is 5.91 Å².